The molecule has 0 aromatic heterocycles. The second-order valence-corrected chi connectivity index (χ2v) is 6.72. The van der Waals surface area contributed by atoms with Crippen molar-refractivity contribution in [2.45, 2.75) is 0 Å². The van der Waals surface area contributed by atoms with Gasteiger partial charge < -0.3 is 16.4 Å². The first-order valence-corrected chi connectivity index (χ1v) is 10.5. The van der Waals surface area contributed by atoms with Crippen LogP contribution in [0.4, 0.5) is 0 Å². The van der Waals surface area contributed by atoms with Gasteiger partial charge in [0.25, 0.3) is 0 Å². The van der Waals surface area contributed by atoms with Crippen LogP contribution in [-0.4, -0.2) is 104 Å². The number of rotatable bonds is 0. The summed E-state index contributed by atoms with van der Waals surface area (Å²) in [7, 11) is -23.3. The smallest absolute Gasteiger partial charge is 0.394 e. The van der Waals surface area contributed by atoms with Crippen molar-refractivity contribution in [3.63, 3.8) is 0 Å². The van der Waals surface area contributed by atoms with E-state index in [0.29, 0.717) is 0 Å². The Kier molecular flexibility index (Phi) is 35.4. The summed E-state index contributed by atoms with van der Waals surface area (Å²) < 4.78 is 158. The van der Waals surface area contributed by atoms with Gasteiger partial charge in [0.15, 0.2) is 0 Å². The van der Waals surface area contributed by atoms with E-state index < -0.39 is 52.0 Å². The molecule has 0 aromatic rings. The molecule has 184 valence electrons. The summed E-state index contributed by atoms with van der Waals surface area (Å²) >= 11 is 0. The van der Waals surface area contributed by atoms with E-state index in [1.54, 1.807) is 0 Å². The summed E-state index contributed by atoms with van der Waals surface area (Å²) in [5, 5.41) is 0. The molecule has 0 fully saturated rings. The lowest BCUT2D eigenvalue weighted by Crippen LogP contribution is -1.89. The van der Waals surface area contributed by atoms with Gasteiger partial charge in [0.05, 0.1) is 0 Å². The van der Waals surface area contributed by atoms with Gasteiger partial charge in [-0.15, -0.1) is 0 Å². The van der Waals surface area contributed by atoms with Crippen LogP contribution in [0.2, 0.25) is 0 Å². The van der Waals surface area contributed by atoms with E-state index in [2.05, 4.69) is 0 Å². The van der Waals surface area contributed by atoms with Crippen molar-refractivity contribution in [1.82, 2.24) is 0 Å². The summed E-state index contributed by atoms with van der Waals surface area (Å²) in [6, 6.07) is 0. The Morgan fingerprint density at radius 1 is 0.250 bits per heavy atom. The third kappa shape index (κ3) is 25000. The van der Waals surface area contributed by atoms with Gasteiger partial charge in [0.2, 0.25) is 0 Å². The Balaban J connectivity index is -0.0000000290. The molecule has 28 heavy (non-hydrogen) atoms. The zero-order valence-electron chi connectivity index (χ0n) is 12.1. The first-order valence-electron chi connectivity index (χ1n) is 3.49. The predicted octanol–water partition coefficient (Wildman–Crippen LogP) is -5.74. The van der Waals surface area contributed by atoms with Crippen LogP contribution >= 0.6 is 0 Å². The molecule has 0 aliphatic carbocycles. The fourth-order valence-electron chi connectivity index (χ4n) is 0. The molecule has 0 aliphatic heterocycles. The van der Waals surface area contributed by atoms with Crippen LogP contribution in [0, 0.1) is 0 Å². The maximum atomic E-state index is 8.74. The Morgan fingerprint density at radius 2 is 0.250 bits per heavy atom. The van der Waals surface area contributed by atoms with E-state index in [1.807, 2.05) is 0 Å². The topological polar surface area (TPSA) is 468 Å². The lowest BCUT2D eigenvalue weighted by molar-refractivity contribution is 0.378. The van der Waals surface area contributed by atoms with Crippen molar-refractivity contribution in [2.24, 2.45) is 0 Å². The highest BCUT2D eigenvalue weighted by molar-refractivity contribution is 7.80. The summed E-state index contributed by atoms with van der Waals surface area (Å²) in [4.78, 5) is 0. The molecule has 0 spiro atoms. The van der Waals surface area contributed by atoms with E-state index in [1.165, 1.54) is 0 Å². The molecule has 0 atom stereocenters. The van der Waals surface area contributed by atoms with E-state index in [9.17, 15) is 0 Å². The highest BCUT2D eigenvalue weighted by atomic mass is 32.3. The summed E-state index contributed by atoms with van der Waals surface area (Å²) in [6.07, 6.45) is 0. The Hall–Kier alpha value is -0.770. The molecular formula is H16O23S5. The summed E-state index contributed by atoms with van der Waals surface area (Å²) in [5.74, 6) is 0. The average Bonchev–Trinajstić information content (AvgIpc) is 1.79. The van der Waals surface area contributed by atoms with Crippen molar-refractivity contribution in [2.75, 3.05) is 0 Å². The first-order chi connectivity index (χ1) is 10.0. The fourth-order valence-corrected chi connectivity index (χ4v) is 0. The molecule has 23 nitrogen and oxygen atoms in total. The monoisotopic (exact) mass is 544 g/mol. The van der Waals surface area contributed by atoms with Gasteiger partial charge in [-0.25, -0.2) is 0 Å². The molecule has 0 bridgehead atoms. The summed E-state index contributed by atoms with van der Waals surface area (Å²) in [6.45, 7) is 0. The minimum absolute atomic E-state index is 0. The Morgan fingerprint density at radius 3 is 0.250 bits per heavy atom. The number of hydrogen-bond acceptors (Lipinski definition) is 10. The zero-order chi connectivity index (χ0) is 22.5. The SMILES string of the molecule is O.O.O.O=S(=O)(O)O.O=S(=O)(O)O.O=S(=O)(O)O.O=S(=O)(O)O.O=S(=O)(O)O. The van der Waals surface area contributed by atoms with Gasteiger partial charge in [-0.05, 0) is 0 Å². The molecule has 16 N–H and O–H groups in total. The predicted molar refractivity (Wildman–Crippen MR) is 81.7 cm³/mol. The van der Waals surface area contributed by atoms with Crippen LogP contribution < -0.4 is 0 Å². The van der Waals surface area contributed by atoms with Crippen LogP contribution in [0.25, 0.3) is 0 Å². The molecule has 0 unspecified atom stereocenters. The standard InChI is InChI=1S/5H2O4S.3H2O/c5*1-5(2,3)4;;;/h5*(H2,1,2,3,4);3*1H2. The van der Waals surface area contributed by atoms with Gasteiger partial charge in [-0.1, -0.05) is 0 Å². The minimum Gasteiger partial charge on any atom is -0.412 e. The maximum Gasteiger partial charge on any atom is 0.394 e. The second-order valence-electron chi connectivity index (χ2n) is 2.24. The molecule has 0 heterocycles. The Bertz CT molecular complexity index is 609. The minimum atomic E-state index is -4.67. The van der Waals surface area contributed by atoms with Crippen molar-refractivity contribution in [1.29, 1.82) is 0 Å². The largest absolute Gasteiger partial charge is 0.412 e. The molecule has 0 saturated heterocycles. The van der Waals surface area contributed by atoms with Crippen LogP contribution in [0.3, 0.4) is 0 Å². The number of hydrogen-bond donors (Lipinski definition) is 10. The molecule has 28 heteroatoms. The van der Waals surface area contributed by atoms with Crippen molar-refractivity contribution >= 4 is 52.0 Å². The molecule has 0 amide bonds. The highest BCUT2D eigenvalue weighted by Gasteiger charge is 1.86. The molecule has 0 rings (SSSR count). The molecule has 0 radical (unpaired) electrons. The molecule has 0 saturated carbocycles. The fraction of sp³-hybridized carbons (Fsp3) is 0. The quantitative estimate of drug-likeness (QED) is 0.127. The van der Waals surface area contributed by atoms with E-state index >= 15 is 0 Å². The second kappa shape index (κ2) is 19.5. The molecular weight excluding hydrogens is 528 g/mol. The van der Waals surface area contributed by atoms with Crippen molar-refractivity contribution in [3.8, 4) is 0 Å². The van der Waals surface area contributed by atoms with Crippen LogP contribution in [0.1, 0.15) is 0 Å². The van der Waals surface area contributed by atoms with E-state index in [0.717, 1.165) is 0 Å². The van der Waals surface area contributed by atoms with Gasteiger partial charge in [0, 0.05) is 0 Å². The normalized spacial score (nSPS) is 10.4. The lowest BCUT2D eigenvalue weighted by Gasteiger charge is -1.68. The van der Waals surface area contributed by atoms with Crippen LogP contribution in [-0.2, 0) is 52.0 Å². The van der Waals surface area contributed by atoms with E-state index in [-0.39, 0.29) is 16.4 Å². The van der Waals surface area contributed by atoms with Crippen molar-refractivity contribution in [3.05, 3.63) is 0 Å². The summed E-state index contributed by atoms with van der Waals surface area (Å²) in [5.41, 5.74) is 0. The molecule has 0 aromatic carbocycles. The van der Waals surface area contributed by atoms with Crippen LogP contribution in [0.5, 0.6) is 0 Å². The third-order valence-corrected chi connectivity index (χ3v) is 0. The lowest BCUT2D eigenvalue weighted by atomic mass is 15.8. The van der Waals surface area contributed by atoms with Gasteiger partial charge in [-0.3, -0.25) is 45.5 Å². The third-order valence-electron chi connectivity index (χ3n) is 0. The maximum absolute atomic E-state index is 8.74. The Labute approximate surface area is 156 Å². The van der Waals surface area contributed by atoms with E-state index in [4.69, 9.17) is 87.6 Å². The van der Waals surface area contributed by atoms with Crippen molar-refractivity contribution < 1.29 is 104 Å². The van der Waals surface area contributed by atoms with Gasteiger partial charge in [-0.2, -0.15) is 42.1 Å². The average molecular weight is 544 g/mol. The van der Waals surface area contributed by atoms with Gasteiger partial charge >= 0.3 is 52.0 Å². The highest BCUT2D eigenvalue weighted by Crippen LogP contribution is 1.60. The van der Waals surface area contributed by atoms with Gasteiger partial charge in [0.1, 0.15) is 0 Å². The van der Waals surface area contributed by atoms with Crippen LogP contribution in [0.15, 0.2) is 0 Å². The molecule has 0 aliphatic rings. The first kappa shape index (κ1) is 50.7. The zero-order valence-corrected chi connectivity index (χ0v) is 16.2.